The zero-order valence-corrected chi connectivity index (χ0v) is 16.9. The lowest BCUT2D eigenvalue weighted by atomic mass is 9.99. The Morgan fingerprint density at radius 3 is 2.48 bits per heavy atom. The van der Waals surface area contributed by atoms with E-state index in [0.29, 0.717) is 13.1 Å². The number of hydrogen-bond donors (Lipinski definition) is 1. The molecule has 2 atom stereocenters. The molecule has 27 heavy (non-hydrogen) atoms. The molecule has 1 aromatic rings. The Labute approximate surface area is 162 Å². The molecule has 1 fully saturated rings. The fraction of sp³-hybridized carbons (Fsp3) is 0.619. The SMILES string of the molecule is CC(C)[C@H](N)C(=O)N1CCC[C@@H](N(C(=O)OCc2ccccc2)C(C)C)C1. The zero-order valence-electron chi connectivity index (χ0n) is 16.9. The lowest BCUT2D eigenvalue weighted by Gasteiger charge is -2.41. The molecule has 1 aliphatic heterocycles. The maximum absolute atomic E-state index is 12.8. The normalized spacial score (nSPS) is 18.5. The number of carbonyl (C=O) groups excluding carboxylic acids is 2. The van der Waals surface area contributed by atoms with E-state index >= 15 is 0 Å². The molecule has 1 aromatic carbocycles. The first-order valence-electron chi connectivity index (χ1n) is 9.84. The van der Waals surface area contributed by atoms with Crippen LogP contribution >= 0.6 is 0 Å². The zero-order chi connectivity index (χ0) is 20.0. The quantitative estimate of drug-likeness (QED) is 0.829. The predicted octanol–water partition coefficient (Wildman–Crippen LogP) is 3.01. The summed E-state index contributed by atoms with van der Waals surface area (Å²) in [6, 6.07) is 9.08. The van der Waals surface area contributed by atoms with Crippen molar-refractivity contribution >= 4 is 12.0 Å². The third kappa shape index (κ3) is 5.70. The summed E-state index contributed by atoms with van der Waals surface area (Å²) in [5.41, 5.74) is 7.00. The van der Waals surface area contributed by atoms with Crippen molar-refractivity contribution < 1.29 is 14.3 Å². The molecule has 2 rings (SSSR count). The van der Waals surface area contributed by atoms with Gasteiger partial charge in [0.2, 0.25) is 5.91 Å². The Bertz CT molecular complexity index is 618. The molecule has 6 nitrogen and oxygen atoms in total. The van der Waals surface area contributed by atoms with Crippen molar-refractivity contribution in [2.75, 3.05) is 13.1 Å². The second-order valence-corrected chi connectivity index (χ2v) is 7.89. The van der Waals surface area contributed by atoms with E-state index in [-0.39, 0.29) is 36.6 Å². The Kier molecular flexibility index (Phi) is 7.66. The molecular formula is C21H33N3O3. The number of benzene rings is 1. The summed E-state index contributed by atoms with van der Waals surface area (Å²) in [5, 5.41) is 0. The van der Waals surface area contributed by atoms with Crippen molar-refractivity contribution in [3.8, 4) is 0 Å². The van der Waals surface area contributed by atoms with Crippen LogP contribution in [-0.4, -0.2) is 53.0 Å². The van der Waals surface area contributed by atoms with E-state index in [1.54, 1.807) is 9.80 Å². The highest BCUT2D eigenvalue weighted by Gasteiger charge is 2.34. The van der Waals surface area contributed by atoms with Gasteiger partial charge in [0, 0.05) is 19.1 Å². The van der Waals surface area contributed by atoms with Crippen molar-refractivity contribution in [3.05, 3.63) is 35.9 Å². The first-order chi connectivity index (χ1) is 12.8. The molecule has 0 bridgehead atoms. The Morgan fingerprint density at radius 2 is 1.89 bits per heavy atom. The smallest absolute Gasteiger partial charge is 0.410 e. The molecule has 0 saturated carbocycles. The second-order valence-electron chi connectivity index (χ2n) is 7.89. The molecule has 2 N–H and O–H groups in total. The minimum Gasteiger partial charge on any atom is -0.445 e. The van der Waals surface area contributed by atoms with Crippen LogP contribution in [0.2, 0.25) is 0 Å². The Hall–Kier alpha value is -2.08. The molecule has 0 aromatic heterocycles. The van der Waals surface area contributed by atoms with Crippen molar-refractivity contribution in [2.24, 2.45) is 11.7 Å². The number of nitrogens with zero attached hydrogens (tertiary/aromatic N) is 2. The molecule has 0 unspecified atom stereocenters. The van der Waals surface area contributed by atoms with Crippen LogP contribution in [0.25, 0.3) is 0 Å². The fourth-order valence-electron chi connectivity index (χ4n) is 3.45. The summed E-state index contributed by atoms with van der Waals surface area (Å²) < 4.78 is 5.55. The molecule has 0 spiro atoms. The highest BCUT2D eigenvalue weighted by molar-refractivity contribution is 5.82. The highest BCUT2D eigenvalue weighted by Crippen LogP contribution is 2.21. The van der Waals surface area contributed by atoms with Gasteiger partial charge in [-0.2, -0.15) is 0 Å². The van der Waals surface area contributed by atoms with Crippen molar-refractivity contribution in [3.63, 3.8) is 0 Å². The summed E-state index contributed by atoms with van der Waals surface area (Å²) in [6.07, 6.45) is 1.39. The number of amides is 2. The third-order valence-corrected chi connectivity index (χ3v) is 5.08. The molecular weight excluding hydrogens is 342 g/mol. The predicted molar refractivity (Wildman–Crippen MR) is 106 cm³/mol. The first-order valence-corrected chi connectivity index (χ1v) is 9.84. The van der Waals surface area contributed by atoms with Crippen LogP contribution in [0.1, 0.15) is 46.1 Å². The molecule has 1 heterocycles. The van der Waals surface area contributed by atoms with Gasteiger partial charge in [-0.25, -0.2) is 4.79 Å². The van der Waals surface area contributed by atoms with Crippen LogP contribution < -0.4 is 5.73 Å². The number of carbonyl (C=O) groups is 2. The number of likely N-dealkylation sites (tertiary alicyclic amines) is 1. The van der Waals surface area contributed by atoms with E-state index in [4.69, 9.17) is 10.5 Å². The van der Waals surface area contributed by atoms with E-state index in [9.17, 15) is 9.59 Å². The topological polar surface area (TPSA) is 75.9 Å². The fourth-order valence-corrected chi connectivity index (χ4v) is 3.45. The summed E-state index contributed by atoms with van der Waals surface area (Å²) in [7, 11) is 0. The van der Waals surface area contributed by atoms with Crippen LogP contribution in [0, 0.1) is 5.92 Å². The van der Waals surface area contributed by atoms with E-state index < -0.39 is 6.04 Å². The summed E-state index contributed by atoms with van der Waals surface area (Å²) in [6.45, 7) is 9.31. The van der Waals surface area contributed by atoms with E-state index in [1.165, 1.54) is 0 Å². The lowest BCUT2D eigenvalue weighted by Crippen LogP contribution is -2.57. The molecule has 0 radical (unpaired) electrons. The van der Waals surface area contributed by atoms with Crippen molar-refractivity contribution in [1.29, 1.82) is 0 Å². The van der Waals surface area contributed by atoms with E-state index in [1.807, 2.05) is 58.0 Å². The number of ether oxygens (including phenoxy) is 1. The average Bonchev–Trinajstić information content (AvgIpc) is 2.66. The van der Waals surface area contributed by atoms with Gasteiger partial charge in [0.25, 0.3) is 0 Å². The number of rotatable bonds is 6. The molecule has 0 aliphatic carbocycles. The van der Waals surface area contributed by atoms with Crippen LogP contribution in [-0.2, 0) is 16.1 Å². The molecule has 6 heteroatoms. The monoisotopic (exact) mass is 375 g/mol. The molecule has 150 valence electrons. The van der Waals surface area contributed by atoms with Crippen LogP contribution in [0.3, 0.4) is 0 Å². The Balaban J connectivity index is 2.02. The number of piperidine rings is 1. The maximum atomic E-state index is 12.8. The minimum absolute atomic E-state index is 0.00732. The summed E-state index contributed by atoms with van der Waals surface area (Å²) in [4.78, 5) is 28.9. The minimum atomic E-state index is -0.499. The summed E-state index contributed by atoms with van der Waals surface area (Å²) in [5.74, 6) is 0.0611. The van der Waals surface area contributed by atoms with Gasteiger partial charge in [-0.3, -0.25) is 4.79 Å². The number of hydrogen-bond acceptors (Lipinski definition) is 4. The average molecular weight is 376 g/mol. The molecule has 1 aliphatic rings. The molecule has 1 saturated heterocycles. The Morgan fingerprint density at radius 1 is 1.22 bits per heavy atom. The van der Waals surface area contributed by atoms with Crippen LogP contribution in [0.5, 0.6) is 0 Å². The standard InChI is InChI=1S/C21H33N3O3/c1-15(2)19(22)20(25)23-12-8-11-18(13-23)24(16(3)4)21(26)27-14-17-9-6-5-7-10-17/h5-7,9-10,15-16,18-19H,8,11-14,22H2,1-4H3/t18-,19+/m1/s1. The van der Waals surface area contributed by atoms with Gasteiger partial charge in [-0.05, 0) is 38.2 Å². The highest BCUT2D eigenvalue weighted by atomic mass is 16.6. The van der Waals surface area contributed by atoms with Crippen molar-refractivity contribution in [1.82, 2.24) is 9.80 Å². The summed E-state index contributed by atoms with van der Waals surface area (Å²) >= 11 is 0. The third-order valence-electron chi connectivity index (χ3n) is 5.08. The van der Waals surface area contributed by atoms with Gasteiger partial charge in [-0.1, -0.05) is 44.2 Å². The van der Waals surface area contributed by atoms with E-state index in [2.05, 4.69) is 0 Å². The lowest BCUT2D eigenvalue weighted by molar-refractivity contribution is -0.135. The first kappa shape index (κ1) is 21.2. The van der Waals surface area contributed by atoms with Crippen molar-refractivity contribution in [2.45, 2.75) is 65.3 Å². The van der Waals surface area contributed by atoms with Gasteiger partial charge >= 0.3 is 6.09 Å². The van der Waals surface area contributed by atoms with Gasteiger partial charge in [0.05, 0.1) is 12.1 Å². The molecule has 2 amide bonds. The van der Waals surface area contributed by atoms with Gasteiger partial charge < -0.3 is 20.3 Å². The van der Waals surface area contributed by atoms with E-state index in [0.717, 1.165) is 18.4 Å². The maximum Gasteiger partial charge on any atom is 0.410 e. The second kappa shape index (κ2) is 9.74. The number of nitrogens with two attached hydrogens (primary N) is 1. The van der Waals surface area contributed by atoms with Gasteiger partial charge in [0.1, 0.15) is 6.61 Å². The largest absolute Gasteiger partial charge is 0.445 e. The van der Waals surface area contributed by atoms with Gasteiger partial charge in [-0.15, -0.1) is 0 Å². The van der Waals surface area contributed by atoms with Gasteiger partial charge in [0.15, 0.2) is 0 Å². The van der Waals surface area contributed by atoms with Crippen LogP contribution in [0.4, 0.5) is 4.79 Å². The van der Waals surface area contributed by atoms with Crippen LogP contribution in [0.15, 0.2) is 30.3 Å².